The van der Waals surface area contributed by atoms with Gasteiger partial charge in [0.15, 0.2) is 0 Å². The fraction of sp³-hybridized carbons (Fsp3) is 0.429. The van der Waals surface area contributed by atoms with E-state index in [2.05, 4.69) is 16.0 Å². The van der Waals surface area contributed by atoms with Crippen LogP contribution in [0.15, 0.2) is 24.3 Å². The average molecular weight is 253 g/mol. The van der Waals surface area contributed by atoms with Gasteiger partial charge in [-0.1, -0.05) is 12.1 Å². The molecule has 2 atom stereocenters. The number of hydrogen-bond acceptors (Lipinski definition) is 2. The third kappa shape index (κ3) is 4.72. The lowest BCUT2D eigenvalue weighted by molar-refractivity contribution is -0.0498. The minimum Gasteiger partial charge on any atom is -0.435 e. The van der Waals surface area contributed by atoms with E-state index in [9.17, 15) is 8.78 Å². The quantitative estimate of drug-likeness (QED) is 0.785. The van der Waals surface area contributed by atoms with Crippen LogP contribution in [0.3, 0.4) is 0 Å². The molecule has 0 saturated carbocycles. The Kier molecular flexibility index (Phi) is 5.60. The van der Waals surface area contributed by atoms with E-state index in [-0.39, 0.29) is 17.8 Å². The molecular weight excluding hydrogens is 236 g/mol. The second kappa shape index (κ2) is 6.97. The summed E-state index contributed by atoms with van der Waals surface area (Å²) in [7, 11) is 0. The molecule has 4 heteroatoms. The normalized spacial score (nSPS) is 14.0. The fourth-order valence-corrected chi connectivity index (χ4v) is 1.70. The second-order valence-electron chi connectivity index (χ2n) is 4.15. The maximum Gasteiger partial charge on any atom is 0.387 e. The molecule has 0 aliphatic heterocycles. The van der Waals surface area contributed by atoms with E-state index in [1.54, 1.807) is 12.1 Å². The first-order valence-electron chi connectivity index (χ1n) is 5.77. The molecule has 0 fully saturated rings. The zero-order valence-corrected chi connectivity index (χ0v) is 10.5. The average Bonchev–Trinajstić information content (AvgIpc) is 2.29. The summed E-state index contributed by atoms with van der Waals surface area (Å²) in [6.45, 7) is 1.21. The standard InChI is InChI=1S/C14H17F2NO/c1-4-5-10(2)17-11(3)12-6-8-13(9-7-12)18-14(15)16/h1,6-11,14,17H,5H2,2-3H3. The van der Waals surface area contributed by atoms with Crippen LogP contribution in [0.25, 0.3) is 0 Å². The van der Waals surface area contributed by atoms with Crippen molar-refractivity contribution in [3.8, 4) is 18.1 Å². The lowest BCUT2D eigenvalue weighted by atomic mass is 10.1. The van der Waals surface area contributed by atoms with Gasteiger partial charge >= 0.3 is 6.61 Å². The highest BCUT2D eigenvalue weighted by atomic mass is 19.3. The van der Waals surface area contributed by atoms with Crippen molar-refractivity contribution < 1.29 is 13.5 Å². The van der Waals surface area contributed by atoms with Gasteiger partial charge in [0, 0.05) is 18.5 Å². The van der Waals surface area contributed by atoms with Crippen molar-refractivity contribution in [1.29, 1.82) is 0 Å². The zero-order chi connectivity index (χ0) is 13.5. The molecule has 0 bridgehead atoms. The van der Waals surface area contributed by atoms with E-state index in [1.807, 2.05) is 13.8 Å². The Bertz CT molecular complexity index is 397. The highest BCUT2D eigenvalue weighted by molar-refractivity contribution is 5.29. The summed E-state index contributed by atoms with van der Waals surface area (Å²) in [5, 5.41) is 3.33. The van der Waals surface area contributed by atoms with Crippen LogP contribution >= 0.6 is 0 Å². The van der Waals surface area contributed by atoms with Crippen molar-refractivity contribution in [3.63, 3.8) is 0 Å². The Morgan fingerprint density at radius 1 is 1.28 bits per heavy atom. The number of ether oxygens (including phenoxy) is 1. The number of nitrogens with one attached hydrogen (secondary N) is 1. The number of hydrogen-bond donors (Lipinski definition) is 1. The van der Waals surface area contributed by atoms with Crippen LogP contribution in [0.2, 0.25) is 0 Å². The Labute approximate surface area is 106 Å². The zero-order valence-electron chi connectivity index (χ0n) is 10.5. The van der Waals surface area contributed by atoms with Gasteiger partial charge in [-0.3, -0.25) is 0 Å². The van der Waals surface area contributed by atoms with Gasteiger partial charge in [-0.2, -0.15) is 8.78 Å². The first-order chi connectivity index (χ1) is 8.52. The molecule has 0 radical (unpaired) electrons. The van der Waals surface area contributed by atoms with Gasteiger partial charge < -0.3 is 10.1 Å². The van der Waals surface area contributed by atoms with Crippen LogP contribution in [0.1, 0.15) is 31.9 Å². The smallest absolute Gasteiger partial charge is 0.387 e. The van der Waals surface area contributed by atoms with Crippen molar-refractivity contribution in [2.75, 3.05) is 0 Å². The maximum absolute atomic E-state index is 12.0. The molecule has 0 aliphatic rings. The Balaban J connectivity index is 2.59. The summed E-state index contributed by atoms with van der Waals surface area (Å²) in [5.41, 5.74) is 1.00. The Morgan fingerprint density at radius 2 is 1.89 bits per heavy atom. The summed E-state index contributed by atoms with van der Waals surface area (Å²) in [6.07, 6.45) is 5.88. The van der Waals surface area contributed by atoms with Crippen LogP contribution in [-0.4, -0.2) is 12.7 Å². The van der Waals surface area contributed by atoms with Crippen LogP contribution in [0, 0.1) is 12.3 Å². The van der Waals surface area contributed by atoms with E-state index >= 15 is 0 Å². The molecule has 1 aromatic rings. The monoisotopic (exact) mass is 253 g/mol. The summed E-state index contributed by atoms with van der Waals surface area (Å²) in [5.74, 6) is 2.75. The fourth-order valence-electron chi connectivity index (χ4n) is 1.70. The van der Waals surface area contributed by atoms with Crippen molar-refractivity contribution in [2.24, 2.45) is 0 Å². The largest absolute Gasteiger partial charge is 0.435 e. The molecule has 1 N–H and O–H groups in total. The van der Waals surface area contributed by atoms with Crippen LogP contribution in [0.5, 0.6) is 5.75 Å². The molecule has 1 aromatic carbocycles. The first kappa shape index (κ1) is 14.5. The van der Waals surface area contributed by atoms with Crippen molar-refractivity contribution in [3.05, 3.63) is 29.8 Å². The second-order valence-corrected chi connectivity index (χ2v) is 4.15. The van der Waals surface area contributed by atoms with Gasteiger partial charge in [0.05, 0.1) is 0 Å². The molecule has 0 aromatic heterocycles. The minimum atomic E-state index is -2.79. The minimum absolute atomic E-state index is 0.106. The predicted molar refractivity (Wildman–Crippen MR) is 67.5 cm³/mol. The number of benzene rings is 1. The number of halogens is 2. The first-order valence-corrected chi connectivity index (χ1v) is 5.77. The molecule has 0 aliphatic carbocycles. The van der Waals surface area contributed by atoms with Crippen molar-refractivity contribution >= 4 is 0 Å². The van der Waals surface area contributed by atoms with E-state index < -0.39 is 6.61 Å². The highest BCUT2D eigenvalue weighted by Crippen LogP contribution is 2.19. The van der Waals surface area contributed by atoms with E-state index in [1.165, 1.54) is 12.1 Å². The third-order valence-electron chi connectivity index (χ3n) is 2.56. The molecule has 2 nitrogen and oxygen atoms in total. The SMILES string of the molecule is C#CCC(C)NC(C)c1ccc(OC(F)F)cc1. The maximum atomic E-state index is 12.0. The van der Waals surface area contributed by atoms with Crippen LogP contribution in [0.4, 0.5) is 8.78 Å². The molecular formula is C14H17F2NO. The summed E-state index contributed by atoms with van der Waals surface area (Å²) in [4.78, 5) is 0. The lowest BCUT2D eigenvalue weighted by Crippen LogP contribution is -2.28. The number of alkyl halides is 2. The number of rotatable bonds is 6. The molecule has 0 heterocycles. The van der Waals surface area contributed by atoms with Crippen LogP contribution < -0.4 is 10.1 Å². The molecule has 0 spiro atoms. The Hall–Kier alpha value is -1.60. The summed E-state index contributed by atoms with van der Waals surface area (Å²) < 4.78 is 28.3. The van der Waals surface area contributed by atoms with Gasteiger partial charge in [-0.05, 0) is 31.5 Å². The van der Waals surface area contributed by atoms with Gasteiger partial charge in [0.1, 0.15) is 5.75 Å². The molecule has 0 saturated heterocycles. The van der Waals surface area contributed by atoms with Crippen molar-refractivity contribution in [2.45, 2.75) is 39.0 Å². The molecule has 98 valence electrons. The summed E-state index contributed by atoms with van der Waals surface area (Å²) in [6, 6.07) is 6.91. The van der Waals surface area contributed by atoms with Crippen LogP contribution in [-0.2, 0) is 0 Å². The number of terminal acetylenes is 1. The molecule has 1 rings (SSSR count). The van der Waals surface area contributed by atoms with Gasteiger partial charge in [0.25, 0.3) is 0 Å². The van der Waals surface area contributed by atoms with Gasteiger partial charge in [0.2, 0.25) is 0 Å². The molecule has 18 heavy (non-hydrogen) atoms. The van der Waals surface area contributed by atoms with E-state index in [4.69, 9.17) is 6.42 Å². The topological polar surface area (TPSA) is 21.3 Å². The third-order valence-corrected chi connectivity index (χ3v) is 2.56. The van der Waals surface area contributed by atoms with E-state index in [0.29, 0.717) is 6.42 Å². The highest BCUT2D eigenvalue weighted by Gasteiger charge is 2.09. The lowest BCUT2D eigenvalue weighted by Gasteiger charge is -2.19. The van der Waals surface area contributed by atoms with Gasteiger partial charge in [-0.25, -0.2) is 0 Å². The predicted octanol–water partition coefficient (Wildman–Crippen LogP) is 3.35. The molecule has 2 unspecified atom stereocenters. The van der Waals surface area contributed by atoms with Gasteiger partial charge in [-0.15, -0.1) is 12.3 Å². The molecule has 0 amide bonds. The summed E-state index contributed by atoms with van der Waals surface area (Å²) >= 11 is 0. The van der Waals surface area contributed by atoms with Crippen molar-refractivity contribution in [1.82, 2.24) is 5.32 Å². The Morgan fingerprint density at radius 3 is 2.39 bits per heavy atom. The van der Waals surface area contributed by atoms with E-state index in [0.717, 1.165) is 5.56 Å².